The molecule has 3 rings (SSSR count). The molecule has 6 nitrogen and oxygen atoms in total. The van der Waals surface area contributed by atoms with Gasteiger partial charge in [0.15, 0.2) is 5.69 Å². The Labute approximate surface area is 145 Å². The number of aromatic nitrogens is 4. The number of carbonyl (C=O) groups is 1. The van der Waals surface area contributed by atoms with E-state index in [0.29, 0.717) is 4.83 Å². The summed E-state index contributed by atoms with van der Waals surface area (Å²) in [5.74, 6) is -0.419. The number of nitrogens with one attached hydrogen (secondary N) is 1. The number of halogens is 3. The van der Waals surface area contributed by atoms with Crippen LogP contribution in [0.5, 0.6) is 0 Å². The number of fused-ring (bicyclic) bond motifs is 1. The van der Waals surface area contributed by atoms with Crippen molar-refractivity contribution in [3.8, 4) is 0 Å². The zero-order valence-corrected chi connectivity index (χ0v) is 14.4. The maximum atomic E-state index is 13.0. The van der Waals surface area contributed by atoms with Gasteiger partial charge in [0, 0.05) is 37.3 Å². The molecule has 3 aromatic heterocycles. The Morgan fingerprint density at radius 1 is 1.40 bits per heavy atom. The van der Waals surface area contributed by atoms with Crippen molar-refractivity contribution in [3.63, 3.8) is 0 Å². The van der Waals surface area contributed by atoms with Crippen LogP contribution in [-0.2, 0) is 26.3 Å². The lowest BCUT2D eigenvalue weighted by molar-refractivity contribution is -0.140. The summed E-state index contributed by atoms with van der Waals surface area (Å²) in [5, 5.41) is 10.3. The SMILES string of the molecule is CCCn1cc(CNC(=O)c2cc3c(C(F)(F)F)nn(C)c3s2)cn1. The van der Waals surface area contributed by atoms with Crippen LogP contribution < -0.4 is 5.32 Å². The topological polar surface area (TPSA) is 64.7 Å². The van der Waals surface area contributed by atoms with Crippen LogP contribution in [-0.4, -0.2) is 25.5 Å². The predicted molar refractivity (Wildman–Crippen MR) is 87.3 cm³/mol. The Kier molecular flexibility index (Phi) is 4.55. The van der Waals surface area contributed by atoms with Crippen molar-refractivity contribution in [2.75, 3.05) is 0 Å². The molecule has 0 unspecified atom stereocenters. The molecule has 0 radical (unpaired) electrons. The van der Waals surface area contributed by atoms with E-state index in [1.807, 2.05) is 13.1 Å². The zero-order valence-electron chi connectivity index (χ0n) is 13.6. The number of rotatable bonds is 5. The number of aryl methyl sites for hydroxylation is 2. The van der Waals surface area contributed by atoms with Crippen molar-refractivity contribution >= 4 is 27.5 Å². The summed E-state index contributed by atoms with van der Waals surface area (Å²) in [5.41, 5.74) is -0.137. The second-order valence-electron chi connectivity index (χ2n) is 5.59. The largest absolute Gasteiger partial charge is 0.435 e. The molecule has 0 saturated carbocycles. The molecule has 0 saturated heterocycles. The maximum Gasteiger partial charge on any atom is 0.435 e. The molecule has 3 heterocycles. The highest BCUT2D eigenvalue weighted by Gasteiger charge is 2.37. The van der Waals surface area contributed by atoms with E-state index in [0.717, 1.165) is 34.5 Å². The van der Waals surface area contributed by atoms with Gasteiger partial charge in [0.2, 0.25) is 0 Å². The highest BCUT2D eigenvalue weighted by atomic mass is 32.1. The summed E-state index contributed by atoms with van der Waals surface area (Å²) < 4.78 is 41.9. The highest BCUT2D eigenvalue weighted by Crippen LogP contribution is 2.37. The molecule has 0 spiro atoms. The van der Waals surface area contributed by atoms with Gasteiger partial charge in [-0.2, -0.15) is 23.4 Å². The Hall–Kier alpha value is -2.36. The molecular weight excluding hydrogens is 355 g/mol. The van der Waals surface area contributed by atoms with Crippen LogP contribution in [0.1, 0.15) is 34.3 Å². The Morgan fingerprint density at radius 2 is 2.16 bits per heavy atom. The number of nitrogens with zero attached hydrogens (tertiary/aromatic N) is 4. The first-order valence-corrected chi connectivity index (χ1v) is 8.44. The summed E-state index contributed by atoms with van der Waals surface area (Å²) in [6.07, 6.45) is -0.111. The second kappa shape index (κ2) is 6.51. The van der Waals surface area contributed by atoms with Gasteiger partial charge in [-0.25, -0.2) is 0 Å². The van der Waals surface area contributed by atoms with Crippen LogP contribution >= 0.6 is 11.3 Å². The van der Waals surface area contributed by atoms with Crippen molar-refractivity contribution in [2.45, 2.75) is 32.6 Å². The van der Waals surface area contributed by atoms with Crippen LogP contribution in [0, 0.1) is 0 Å². The minimum Gasteiger partial charge on any atom is -0.347 e. The predicted octanol–water partition coefficient (Wildman–Crippen LogP) is 3.19. The van der Waals surface area contributed by atoms with Gasteiger partial charge in [-0.15, -0.1) is 11.3 Å². The van der Waals surface area contributed by atoms with Crippen molar-refractivity contribution < 1.29 is 18.0 Å². The van der Waals surface area contributed by atoms with Gasteiger partial charge >= 0.3 is 6.18 Å². The fourth-order valence-corrected chi connectivity index (χ4v) is 3.47. The van der Waals surface area contributed by atoms with E-state index in [1.165, 1.54) is 13.1 Å². The third-order valence-electron chi connectivity index (χ3n) is 3.60. The first-order valence-electron chi connectivity index (χ1n) is 7.63. The van der Waals surface area contributed by atoms with E-state index in [9.17, 15) is 18.0 Å². The fourth-order valence-electron chi connectivity index (χ4n) is 2.48. The van der Waals surface area contributed by atoms with Crippen LogP contribution in [0.3, 0.4) is 0 Å². The average molecular weight is 371 g/mol. The first kappa shape index (κ1) is 17.5. The molecule has 1 amide bonds. The maximum absolute atomic E-state index is 13.0. The summed E-state index contributed by atoms with van der Waals surface area (Å²) in [4.78, 5) is 12.8. The normalized spacial score (nSPS) is 12.0. The summed E-state index contributed by atoms with van der Waals surface area (Å²) in [6.45, 7) is 3.09. The molecule has 10 heteroatoms. The number of alkyl halides is 3. The molecule has 0 aliphatic carbocycles. The molecular formula is C15H16F3N5OS. The molecule has 1 N–H and O–H groups in total. The van der Waals surface area contributed by atoms with Gasteiger partial charge in [0.1, 0.15) is 4.83 Å². The smallest absolute Gasteiger partial charge is 0.347 e. The minimum atomic E-state index is -4.55. The average Bonchev–Trinajstić information content (AvgIpc) is 3.21. The van der Waals surface area contributed by atoms with Crippen LogP contribution in [0.4, 0.5) is 13.2 Å². The fraction of sp³-hybridized carbons (Fsp3) is 0.400. The minimum absolute atomic E-state index is 0.0547. The molecule has 0 aromatic carbocycles. The van der Waals surface area contributed by atoms with Gasteiger partial charge in [-0.3, -0.25) is 14.2 Å². The second-order valence-corrected chi connectivity index (χ2v) is 6.62. The quantitative estimate of drug-likeness (QED) is 0.749. The Morgan fingerprint density at radius 3 is 2.84 bits per heavy atom. The molecule has 0 bridgehead atoms. The van der Waals surface area contributed by atoms with Crippen molar-refractivity contribution in [3.05, 3.63) is 34.6 Å². The van der Waals surface area contributed by atoms with Crippen LogP contribution in [0.15, 0.2) is 18.5 Å². The number of carbonyl (C=O) groups excluding carboxylic acids is 1. The third kappa shape index (κ3) is 3.53. The molecule has 3 aromatic rings. The van der Waals surface area contributed by atoms with E-state index in [1.54, 1.807) is 10.9 Å². The molecule has 134 valence electrons. The van der Waals surface area contributed by atoms with Crippen LogP contribution in [0.25, 0.3) is 10.2 Å². The van der Waals surface area contributed by atoms with E-state index in [-0.39, 0.29) is 16.8 Å². The Bertz CT molecular complexity index is 908. The summed E-state index contributed by atoms with van der Waals surface area (Å²) in [7, 11) is 1.43. The van der Waals surface area contributed by atoms with Crippen molar-refractivity contribution in [1.29, 1.82) is 0 Å². The van der Waals surface area contributed by atoms with Gasteiger partial charge in [0.25, 0.3) is 5.91 Å². The monoisotopic (exact) mass is 371 g/mol. The summed E-state index contributed by atoms with van der Waals surface area (Å²) in [6, 6.07) is 1.24. The summed E-state index contributed by atoms with van der Waals surface area (Å²) >= 11 is 0.985. The molecule has 25 heavy (non-hydrogen) atoms. The molecule has 0 fully saturated rings. The lowest BCUT2D eigenvalue weighted by atomic mass is 10.2. The number of hydrogen-bond acceptors (Lipinski definition) is 4. The number of thiophene rings is 1. The molecule has 0 aliphatic rings. The molecule has 0 aliphatic heterocycles. The van der Waals surface area contributed by atoms with Crippen LogP contribution in [0.2, 0.25) is 0 Å². The van der Waals surface area contributed by atoms with E-state index in [2.05, 4.69) is 15.5 Å². The van der Waals surface area contributed by atoms with Crippen molar-refractivity contribution in [2.24, 2.45) is 7.05 Å². The third-order valence-corrected chi connectivity index (χ3v) is 4.80. The Balaban J connectivity index is 1.75. The van der Waals surface area contributed by atoms with Gasteiger partial charge in [0.05, 0.1) is 11.1 Å². The van der Waals surface area contributed by atoms with E-state index < -0.39 is 17.8 Å². The highest BCUT2D eigenvalue weighted by molar-refractivity contribution is 7.20. The number of amides is 1. The zero-order chi connectivity index (χ0) is 18.2. The van der Waals surface area contributed by atoms with Gasteiger partial charge < -0.3 is 5.32 Å². The van der Waals surface area contributed by atoms with Gasteiger partial charge in [-0.1, -0.05) is 6.92 Å². The van der Waals surface area contributed by atoms with E-state index >= 15 is 0 Å². The first-order chi connectivity index (χ1) is 11.8. The standard InChI is InChI=1S/C15H16F3N5OS/c1-3-4-23-8-9(7-20-23)6-19-13(24)11-5-10-12(15(16,17)18)21-22(2)14(10)25-11/h5,7-8H,3-4,6H2,1-2H3,(H,19,24). The lowest BCUT2D eigenvalue weighted by Crippen LogP contribution is -2.21. The number of hydrogen-bond donors (Lipinski definition) is 1. The van der Waals surface area contributed by atoms with Gasteiger partial charge in [-0.05, 0) is 12.5 Å². The molecule has 0 atom stereocenters. The lowest BCUT2D eigenvalue weighted by Gasteiger charge is -2.02. The van der Waals surface area contributed by atoms with Crippen molar-refractivity contribution in [1.82, 2.24) is 24.9 Å². The van der Waals surface area contributed by atoms with E-state index in [4.69, 9.17) is 0 Å².